The van der Waals surface area contributed by atoms with Crippen LogP contribution in [0.1, 0.15) is 28.6 Å². The van der Waals surface area contributed by atoms with Crippen molar-refractivity contribution in [2.45, 2.75) is 25.8 Å². The van der Waals surface area contributed by atoms with Crippen LogP contribution in [0.3, 0.4) is 0 Å². The minimum Gasteiger partial charge on any atom is -0.330 e. The minimum atomic E-state index is 0.522. The second kappa shape index (κ2) is 5.17. The van der Waals surface area contributed by atoms with E-state index in [0.717, 1.165) is 6.54 Å². The molecule has 0 bridgehead atoms. The molecule has 1 aliphatic heterocycles. The molecule has 0 spiro atoms. The Morgan fingerprint density at radius 1 is 1.62 bits per heavy atom. The van der Waals surface area contributed by atoms with Crippen molar-refractivity contribution in [3.63, 3.8) is 0 Å². The van der Waals surface area contributed by atoms with Gasteiger partial charge in [0, 0.05) is 20.3 Å². The van der Waals surface area contributed by atoms with E-state index in [4.69, 9.17) is 5.73 Å². The second-order valence-corrected chi connectivity index (χ2v) is 6.76. The molecule has 0 amide bonds. The highest BCUT2D eigenvalue weighted by Crippen LogP contribution is 2.40. The van der Waals surface area contributed by atoms with Gasteiger partial charge in [0.15, 0.2) is 0 Å². The highest BCUT2D eigenvalue weighted by atomic mass is 79.9. The van der Waals surface area contributed by atoms with Crippen LogP contribution in [-0.2, 0) is 0 Å². The van der Waals surface area contributed by atoms with Gasteiger partial charge in [-0.2, -0.15) is 0 Å². The molecule has 1 saturated heterocycles. The van der Waals surface area contributed by atoms with Crippen molar-refractivity contribution in [2.24, 2.45) is 11.7 Å². The Morgan fingerprint density at radius 3 is 2.94 bits per heavy atom. The molecular formula is C12H19BrN2S. The van der Waals surface area contributed by atoms with E-state index in [0.29, 0.717) is 12.0 Å². The maximum absolute atomic E-state index is 5.90. The van der Waals surface area contributed by atoms with Crippen LogP contribution in [0.15, 0.2) is 10.5 Å². The van der Waals surface area contributed by atoms with E-state index < -0.39 is 0 Å². The fourth-order valence-corrected chi connectivity index (χ4v) is 4.40. The van der Waals surface area contributed by atoms with Crippen LogP contribution in [0.25, 0.3) is 0 Å². The first-order valence-corrected chi connectivity index (χ1v) is 7.40. The molecular weight excluding hydrogens is 284 g/mol. The van der Waals surface area contributed by atoms with E-state index in [2.05, 4.69) is 40.9 Å². The largest absolute Gasteiger partial charge is 0.330 e. The minimum absolute atomic E-state index is 0.522. The van der Waals surface area contributed by atoms with Crippen molar-refractivity contribution in [1.82, 2.24) is 4.90 Å². The van der Waals surface area contributed by atoms with Crippen molar-refractivity contribution >= 4 is 27.3 Å². The van der Waals surface area contributed by atoms with Gasteiger partial charge in [0.2, 0.25) is 0 Å². The molecule has 2 nitrogen and oxygen atoms in total. The van der Waals surface area contributed by atoms with E-state index in [9.17, 15) is 0 Å². The fourth-order valence-electron chi connectivity index (χ4n) is 2.58. The Morgan fingerprint density at radius 2 is 2.38 bits per heavy atom. The van der Waals surface area contributed by atoms with Crippen LogP contribution < -0.4 is 5.73 Å². The van der Waals surface area contributed by atoms with Gasteiger partial charge in [-0.05, 0) is 67.8 Å². The summed E-state index contributed by atoms with van der Waals surface area (Å²) in [6, 6.07) is 2.79. The third-order valence-corrected chi connectivity index (χ3v) is 5.68. The number of halogens is 1. The maximum Gasteiger partial charge on any atom is 0.0479 e. The van der Waals surface area contributed by atoms with Crippen molar-refractivity contribution in [3.05, 3.63) is 20.3 Å². The molecule has 90 valence electrons. The molecule has 0 saturated carbocycles. The third kappa shape index (κ3) is 2.35. The van der Waals surface area contributed by atoms with Crippen LogP contribution in [0.2, 0.25) is 0 Å². The number of nitrogens with zero attached hydrogens (tertiary/aromatic N) is 1. The molecule has 2 heterocycles. The normalized spacial score (nSPS) is 27.2. The summed E-state index contributed by atoms with van der Waals surface area (Å²) in [6.45, 7) is 4.15. The summed E-state index contributed by atoms with van der Waals surface area (Å²) < 4.78 is 1.24. The second-order valence-electron chi connectivity index (χ2n) is 4.62. The summed E-state index contributed by atoms with van der Waals surface area (Å²) in [4.78, 5) is 5.28. The number of hydrogen-bond acceptors (Lipinski definition) is 3. The summed E-state index contributed by atoms with van der Waals surface area (Å²) in [7, 11) is 2.22. The molecule has 2 N–H and O–H groups in total. The molecule has 0 aromatic carbocycles. The van der Waals surface area contributed by atoms with Crippen LogP contribution in [0.5, 0.6) is 0 Å². The number of hydrogen-bond donors (Lipinski definition) is 1. The lowest BCUT2D eigenvalue weighted by Crippen LogP contribution is -2.38. The SMILES string of the molecule is Cc1sc(C2C(CN)CCCN2C)cc1Br. The molecule has 2 atom stereocenters. The molecule has 2 rings (SSSR count). The Labute approximate surface area is 110 Å². The summed E-state index contributed by atoms with van der Waals surface area (Å²) in [5, 5.41) is 0. The predicted octanol–water partition coefficient (Wildman–Crippen LogP) is 3.16. The molecule has 1 aromatic heterocycles. The van der Waals surface area contributed by atoms with Gasteiger partial charge in [-0.25, -0.2) is 0 Å². The summed E-state index contributed by atoms with van der Waals surface area (Å²) >= 11 is 5.50. The zero-order valence-electron chi connectivity index (χ0n) is 9.87. The first-order chi connectivity index (χ1) is 7.63. The Bertz CT molecular complexity index is 344. The van der Waals surface area contributed by atoms with Crippen LogP contribution in [0, 0.1) is 12.8 Å². The van der Waals surface area contributed by atoms with Crippen molar-refractivity contribution in [1.29, 1.82) is 0 Å². The van der Waals surface area contributed by atoms with E-state index >= 15 is 0 Å². The van der Waals surface area contributed by atoms with Crippen molar-refractivity contribution in [3.8, 4) is 0 Å². The lowest BCUT2D eigenvalue weighted by molar-refractivity contribution is 0.128. The average molecular weight is 303 g/mol. The van der Waals surface area contributed by atoms with Gasteiger partial charge in [-0.1, -0.05) is 0 Å². The number of nitrogens with two attached hydrogens (primary N) is 1. The third-order valence-electron chi connectivity index (χ3n) is 3.48. The summed E-state index contributed by atoms with van der Waals surface area (Å²) in [6.07, 6.45) is 2.54. The van der Waals surface area contributed by atoms with Crippen molar-refractivity contribution in [2.75, 3.05) is 20.1 Å². The molecule has 1 fully saturated rings. The molecule has 2 unspecified atom stereocenters. The number of rotatable bonds is 2. The smallest absolute Gasteiger partial charge is 0.0479 e. The maximum atomic E-state index is 5.90. The zero-order chi connectivity index (χ0) is 11.7. The summed E-state index contributed by atoms with van der Waals surface area (Å²) in [5.74, 6) is 0.615. The lowest BCUT2D eigenvalue weighted by Gasteiger charge is -2.38. The van der Waals surface area contributed by atoms with Gasteiger partial charge in [-0.3, -0.25) is 4.90 Å². The standard InChI is InChI=1S/C12H19BrN2S/c1-8-10(13)6-11(16-8)12-9(7-14)4-3-5-15(12)2/h6,9,12H,3-5,7,14H2,1-2H3. The fraction of sp³-hybridized carbons (Fsp3) is 0.667. The Hall–Kier alpha value is 0.100. The zero-order valence-corrected chi connectivity index (χ0v) is 12.3. The van der Waals surface area contributed by atoms with Gasteiger partial charge in [0.25, 0.3) is 0 Å². The van der Waals surface area contributed by atoms with E-state index in [-0.39, 0.29) is 0 Å². The first kappa shape index (κ1) is 12.6. The molecule has 1 aliphatic rings. The van der Waals surface area contributed by atoms with Gasteiger partial charge in [-0.15, -0.1) is 11.3 Å². The van der Waals surface area contributed by atoms with Gasteiger partial charge < -0.3 is 5.73 Å². The monoisotopic (exact) mass is 302 g/mol. The molecule has 4 heteroatoms. The van der Waals surface area contributed by atoms with E-state index in [1.54, 1.807) is 0 Å². The lowest BCUT2D eigenvalue weighted by atomic mass is 9.88. The molecule has 1 aromatic rings. The number of thiophene rings is 1. The van der Waals surface area contributed by atoms with Crippen LogP contribution in [0.4, 0.5) is 0 Å². The van der Waals surface area contributed by atoms with Gasteiger partial charge in [0.1, 0.15) is 0 Å². The highest BCUT2D eigenvalue weighted by molar-refractivity contribution is 9.10. The van der Waals surface area contributed by atoms with Crippen LogP contribution >= 0.6 is 27.3 Å². The molecule has 16 heavy (non-hydrogen) atoms. The predicted molar refractivity (Wildman–Crippen MR) is 73.9 cm³/mol. The Balaban J connectivity index is 2.27. The highest BCUT2D eigenvalue weighted by Gasteiger charge is 2.30. The molecule has 0 radical (unpaired) electrons. The number of aryl methyl sites for hydroxylation is 1. The average Bonchev–Trinajstić information content (AvgIpc) is 2.58. The van der Waals surface area contributed by atoms with Gasteiger partial charge >= 0.3 is 0 Å². The van der Waals surface area contributed by atoms with E-state index in [1.165, 1.54) is 33.6 Å². The molecule has 0 aliphatic carbocycles. The van der Waals surface area contributed by atoms with E-state index in [1.807, 2.05) is 11.3 Å². The topological polar surface area (TPSA) is 29.3 Å². The summed E-state index contributed by atoms with van der Waals surface area (Å²) in [5.41, 5.74) is 5.90. The Kier molecular flexibility index (Phi) is 4.06. The quantitative estimate of drug-likeness (QED) is 0.909. The van der Waals surface area contributed by atoms with Crippen LogP contribution in [-0.4, -0.2) is 25.0 Å². The number of piperidine rings is 1. The number of likely N-dealkylation sites (tertiary alicyclic amines) is 1. The van der Waals surface area contributed by atoms with Crippen molar-refractivity contribution < 1.29 is 0 Å². The van der Waals surface area contributed by atoms with Gasteiger partial charge in [0.05, 0.1) is 0 Å². The first-order valence-electron chi connectivity index (χ1n) is 5.79.